The third kappa shape index (κ3) is 3.97. The van der Waals surface area contributed by atoms with Gasteiger partial charge in [0.2, 0.25) is 0 Å². The highest BCUT2D eigenvalue weighted by molar-refractivity contribution is 7.80. The number of carbonyl (C=O) groups is 2. The number of hydrogen-bond acceptors (Lipinski definition) is 4. The van der Waals surface area contributed by atoms with E-state index in [4.69, 9.17) is 12.2 Å². The van der Waals surface area contributed by atoms with Gasteiger partial charge in [0.1, 0.15) is 5.57 Å². The molecule has 1 N–H and O–H groups in total. The summed E-state index contributed by atoms with van der Waals surface area (Å²) >= 11 is 5.35. The van der Waals surface area contributed by atoms with Crippen molar-refractivity contribution in [2.75, 3.05) is 16.8 Å². The Labute approximate surface area is 201 Å². The Kier molecular flexibility index (Phi) is 5.69. The number of anilines is 2. The number of thiocarbonyl (C=S) groups is 1. The Balaban J connectivity index is 1.77. The summed E-state index contributed by atoms with van der Waals surface area (Å²) in [6.07, 6.45) is 2.74. The Morgan fingerprint density at radius 2 is 1.76 bits per heavy atom. The second kappa shape index (κ2) is 8.10. The summed E-state index contributed by atoms with van der Waals surface area (Å²) in [5.74, 6) is -0.497. The molecular formula is C27H31N3O2S. The minimum atomic E-state index is -0.464. The van der Waals surface area contributed by atoms with Crippen LogP contribution in [0.1, 0.15) is 60.9 Å². The molecule has 2 heterocycles. The molecule has 1 unspecified atom stereocenters. The van der Waals surface area contributed by atoms with Gasteiger partial charge >= 0.3 is 0 Å². The molecule has 5 nitrogen and oxygen atoms in total. The molecule has 2 aliphatic heterocycles. The molecule has 2 aliphatic rings. The van der Waals surface area contributed by atoms with Gasteiger partial charge in [-0.05, 0) is 117 Å². The number of rotatable bonds is 2. The molecule has 0 spiro atoms. The first-order valence-electron chi connectivity index (χ1n) is 11.3. The maximum absolute atomic E-state index is 13.5. The first kappa shape index (κ1) is 23.2. The van der Waals surface area contributed by atoms with Crippen molar-refractivity contribution in [3.05, 3.63) is 63.7 Å². The van der Waals surface area contributed by atoms with Crippen LogP contribution in [0.5, 0.6) is 0 Å². The lowest BCUT2D eigenvalue weighted by molar-refractivity contribution is -0.122. The molecule has 0 bridgehead atoms. The molecule has 1 saturated heterocycles. The molecule has 2 amide bonds. The minimum Gasteiger partial charge on any atom is -0.369 e. The molecule has 1 atom stereocenters. The van der Waals surface area contributed by atoms with Gasteiger partial charge in [0.25, 0.3) is 11.8 Å². The van der Waals surface area contributed by atoms with Crippen LogP contribution in [0.4, 0.5) is 11.4 Å². The molecule has 2 aromatic carbocycles. The fourth-order valence-electron chi connectivity index (χ4n) is 4.80. The number of nitrogens with one attached hydrogen (secondary N) is 1. The first-order chi connectivity index (χ1) is 15.4. The minimum absolute atomic E-state index is 0.0699. The number of amides is 2. The van der Waals surface area contributed by atoms with Crippen LogP contribution < -0.4 is 15.1 Å². The van der Waals surface area contributed by atoms with Gasteiger partial charge in [-0.25, -0.2) is 0 Å². The van der Waals surface area contributed by atoms with Crippen LogP contribution in [0.3, 0.4) is 0 Å². The van der Waals surface area contributed by atoms with Crippen LogP contribution >= 0.6 is 12.2 Å². The van der Waals surface area contributed by atoms with E-state index >= 15 is 0 Å². The van der Waals surface area contributed by atoms with E-state index in [1.54, 1.807) is 6.08 Å². The SMILES string of the molecule is Cc1ccc(N2C(=O)/C(=C/c3cc4c(cc3C)N(C)C(C)(C)CC4C)C(=O)NC2=S)cc1C. The lowest BCUT2D eigenvalue weighted by Gasteiger charge is -2.45. The topological polar surface area (TPSA) is 52.7 Å². The van der Waals surface area contributed by atoms with Crippen LogP contribution in [0.25, 0.3) is 6.08 Å². The Morgan fingerprint density at radius 3 is 2.42 bits per heavy atom. The largest absolute Gasteiger partial charge is 0.369 e. The maximum atomic E-state index is 13.5. The number of aryl methyl sites for hydroxylation is 3. The first-order valence-corrected chi connectivity index (χ1v) is 11.7. The van der Waals surface area contributed by atoms with Crippen molar-refractivity contribution in [3.63, 3.8) is 0 Å². The molecule has 0 radical (unpaired) electrons. The van der Waals surface area contributed by atoms with E-state index in [2.05, 4.69) is 50.2 Å². The summed E-state index contributed by atoms with van der Waals surface area (Å²) < 4.78 is 0. The Morgan fingerprint density at radius 1 is 1.06 bits per heavy atom. The molecule has 6 heteroatoms. The number of nitrogens with zero attached hydrogens (tertiary/aromatic N) is 2. The number of hydrogen-bond donors (Lipinski definition) is 1. The summed E-state index contributed by atoms with van der Waals surface area (Å²) in [6, 6.07) is 10.0. The zero-order valence-electron chi connectivity index (χ0n) is 20.4. The van der Waals surface area contributed by atoms with Crippen LogP contribution in [0.2, 0.25) is 0 Å². The van der Waals surface area contributed by atoms with E-state index in [0.717, 1.165) is 28.7 Å². The molecule has 2 aromatic rings. The van der Waals surface area contributed by atoms with Gasteiger partial charge in [0, 0.05) is 18.3 Å². The van der Waals surface area contributed by atoms with Crippen LogP contribution in [0, 0.1) is 20.8 Å². The second-order valence-corrected chi connectivity index (χ2v) is 10.4. The second-order valence-electron chi connectivity index (χ2n) is 9.97. The standard InChI is InChI=1S/C27H31N3O2S/c1-15-8-9-20(10-16(15)2)30-25(32)22(24(31)28-26(30)33)13-19-12-21-18(4)14-27(5,6)29(7)23(21)11-17(19)3/h8-13,18H,14H2,1-7H3,(H,28,31,33)/b22-13+. The number of benzene rings is 2. The predicted molar refractivity (Wildman–Crippen MR) is 139 cm³/mol. The van der Waals surface area contributed by atoms with E-state index in [1.165, 1.54) is 16.2 Å². The van der Waals surface area contributed by atoms with Crippen molar-refractivity contribution in [2.24, 2.45) is 0 Å². The Bertz CT molecular complexity index is 1230. The number of carbonyl (C=O) groups excluding carboxylic acids is 2. The van der Waals surface area contributed by atoms with Gasteiger partial charge in [-0.1, -0.05) is 13.0 Å². The van der Waals surface area contributed by atoms with Crippen molar-refractivity contribution in [1.82, 2.24) is 5.32 Å². The van der Waals surface area contributed by atoms with Crippen molar-refractivity contribution < 1.29 is 9.59 Å². The molecule has 172 valence electrons. The fourth-order valence-corrected chi connectivity index (χ4v) is 5.08. The van der Waals surface area contributed by atoms with Gasteiger partial charge in [-0.2, -0.15) is 0 Å². The highest BCUT2D eigenvalue weighted by atomic mass is 32.1. The third-order valence-corrected chi connectivity index (χ3v) is 7.46. The molecular weight excluding hydrogens is 430 g/mol. The summed E-state index contributed by atoms with van der Waals surface area (Å²) in [5.41, 5.74) is 7.32. The maximum Gasteiger partial charge on any atom is 0.270 e. The van der Waals surface area contributed by atoms with E-state index in [0.29, 0.717) is 11.6 Å². The van der Waals surface area contributed by atoms with Gasteiger partial charge in [0.05, 0.1) is 5.69 Å². The highest BCUT2D eigenvalue weighted by Gasteiger charge is 2.36. The smallest absolute Gasteiger partial charge is 0.270 e. The van der Waals surface area contributed by atoms with Gasteiger partial charge in [-0.15, -0.1) is 0 Å². The van der Waals surface area contributed by atoms with Gasteiger partial charge in [0.15, 0.2) is 5.11 Å². The lowest BCUT2D eigenvalue weighted by atomic mass is 9.79. The monoisotopic (exact) mass is 461 g/mol. The highest BCUT2D eigenvalue weighted by Crippen LogP contribution is 2.43. The van der Waals surface area contributed by atoms with Crippen molar-refractivity contribution in [3.8, 4) is 0 Å². The summed E-state index contributed by atoms with van der Waals surface area (Å²) in [5, 5.41) is 2.79. The van der Waals surface area contributed by atoms with E-state index in [9.17, 15) is 9.59 Å². The van der Waals surface area contributed by atoms with Crippen molar-refractivity contribution >= 4 is 46.6 Å². The van der Waals surface area contributed by atoms with Gasteiger partial charge in [-0.3, -0.25) is 19.8 Å². The van der Waals surface area contributed by atoms with E-state index in [1.807, 2.05) is 39.0 Å². The molecule has 0 aliphatic carbocycles. The molecule has 1 fully saturated rings. The molecule has 0 aromatic heterocycles. The summed E-state index contributed by atoms with van der Waals surface area (Å²) in [7, 11) is 2.13. The quantitative estimate of drug-likeness (QED) is 0.381. The third-order valence-electron chi connectivity index (χ3n) is 7.17. The number of fused-ring (bicyclic) bond motifs is 1. The van der Waals surface area contributed by atoms with E-state index in [-0.39, 0.29) is 16.2 Å². The van der Waals surface area contributed by atoms with Crippen LogP contribution in [-0.2, 0) is 9.59 Å². The normalized spacial score (nSPS) is 21.4. The lowest BCUT2D eigenvalue weighted by Crippen LogP contribution is -2.54. The summed E-state index contributed by atoms with van der Waals surface area (Å²) in [4.78, 5) is 30.0. The van der Waals surface area contributed by atoms with E-state index < -0.39 is 11.8 Å². The van der Waals surface area contributed by atoms with Crippen LogP contribution in [-0.4, -0.2) is 29.5 Å². The van der Waals surface area contributed by atoms with Crippen LogP contribution in [0.15, 0.2) is 35.9 Å². The van der Waals surface area contributed by atoms with Crippen molar-refractivity contribution in [1.29, 1.82) is 0 Å². The summed E-state index contributed by atoms with van der Waals surface area (Å²) in [6.45, 7) is 12.8. The zero-order chi connectivity index (χ0) is 24.2. The average molecular weight is 462 g/mol. The predicted octanol–water partition coefficient (Wildman–Crippen LogP) is 5.17. The Hall–Kier alpha value is -2.99. The average Bonchev–Trinajstić information content (AvgIpc) is 2.72. The fraction of sp³-hybridized carbons (Fsp3) is 0.370. The molecule has 33 heavy (non-hydrogen) atoms. The van der Waals surface area contributed by atoms with Crippen molar-refractivity contribution in [2.45, 2.75) is 59.4 Å². The van der Waals surface area contributed by atoms with Gasteiger partial charge < -0.3 is 4.90 Å². The molecule has 4 rings (SSSR count). The molecule has 0 saturated carbocycles. The zero-order valence-corrected chi connectivity index (χ0v) is 21.2.